The van der Waals surface area contributed by atoms with Gasteiger partial charge in [0.25, 0.3) is 5.97 Å². The molecule has 0 aromatic heterocycles. The lowest BCUT2D eigenvalue weighted by Gasteiger charge is -1.97. The normalized spacial score (nSPS) is 9.29. The molecule has 0 spiro atoms. The van der Waals surface area contributed by atoms with E-state index < -0.39 is 5.97 Å². The lowest BCUT2D eigenvalue weighted by Crippen LogP contribution is -2.08. The van der Waals surface area contributed by atoms with Crippen LogP contribution in [-0.4, -0.2) is 28.6 Å². The maximum Gasteiger partial charge on any atom is 0.300 e. The minimum atomic E-state index is -0.833. The van der Waals surface area contributed by atoms with E-state index in [0.29, 0.717) is 17.5 Å². The van der Waals surface area contributed by atoms with Crippen molar-refractivity contribution in [2.45, 2.75) is 143 Å². The van der Waals surface area contributed by atoms with E-state index in [2.05, 4.69) is 20.8 Å². The zero-order valence-corrected chi connectivity index (χ0v) is 22.8. The summed E-state index contributed by atoms with van der Waals surface area (Å²) in [6.07, 6.45) is 21.0. The van der Waals surface area contributed by atoms with Crippen LogP contribution in [0.1, 0.15) is 143 Å². The average Bonchev–Trinajstić information content (AvgIpc) is 2.73. The van der Waals surface area contributed by atoms with Gasteiger partial charge in [0.15, 0.2) is 0 Å². The molecule has 0 aromatic carbocycles. The smallest absolute Gasteiger partial charge is 0.300 e. The van der Waals surface area contributed by atoms with Crippen molar-refractivity contribution in [3.63, 3.8) is 0 Å². The topological polar surface area (TPSA) is 187 Å². The van der Waals surface area contributed by atoms with Gasteiger partial charge in [-0.3, -0.25) is 21.0 Å². The van der Waals surface area contributed by atoms with Gasteiger partial charge in [-0.05, 0) is 19.3 Å². The Bertz CT molecular complexity index is 409. The van der Waals surface area contributed by atoms with Crippen LogP contribution >= 0.6 is 0 Å². The molecule has 0 aromatic rings. The highest BCUT2D eigenvalue weighted by molar-refractivity contribution is 5.77. The number of rotatable bonds is 18. The molecule has 10 N–H and O–H groups in total. The van der Waals surface area contributed by atoms with E-state index in [-0.39, 0.29) is 0 Å². The van der Waals surface area contributed by atoms with E-state index in [1.807, 2.05) is 0 Å². The van der Waals surface area contributed by atoms with Gasteiger partial charge in [-0.15, -0.1) is 0 Å². The fraction of sp³-hybridized carbons (Fsp3) is 0.846. The number of carboxylic acids is 1. The lowest BCUT2D eigenvalue weighted by molar-refractivity contribution is -0.134. The molecular weight excluding hydrogens is 428 g/mol. The Morgan fingerprint density at radius 3 is 0.853 bits per heavy atom. The summed E-state index contributed by atoms with van der Waals surface area (Å²) in [6.45, 7) is 7.68. The summed E-state index contributed by atoms with van der Waals surface area (Å²) >= 11 is 0. The van der Waals surface area contributed by atoms with Crippen LogP contribution in [0.5, 0.6) is 0 Å². The summed E-state index contributed by atoms with van der Waals surface area (Å²) in [4.78, 5) is 9.00. The van der Waals surface area contributed by atoms with E-state index in [4.69, 9.17) is 43.3 Å². The van der Waals surface area contributed by atoms with E-state index in [0.717, 1.165) is 45.4 Å². The van der Waals surface area contributed by atoms with Crippen LogP contribution in [0.25, 0.3) is 0 Å². The Kier molecular flexibility index (Phi) is 40.8. The van der Waals surface area contributed by atoms with Crippen LogP contribution in [0.2, 0.25) is 0 Å². The first-order chi connectivity index (χ1) is 16.0. The molecule has 204 valence electrons. The quantitative estimate of drug-likeness (QED) is 0.0626. The van der Waals surface area contributed by atoms with Crippen molar-refractivity contribution in [2.24, 2.45) is 17.2 Å². The minimum Gasteiger partial charge on any atom is -0.481 e. The van der Waals surface area contributed by atoms with E-state index in [1.54, 1.807) is 0 Å². The van der Waals surface area contributed by atoms with Crippen LogP contribution < -0.4 is 17.2 Å². The molecule has 0 unspecified atom stereocenters. The van der Waals surface area contributed by atoms with Gasteiger partial charge in [-0.2, -0.15) is 0 Å². The lowest BCUT2D eigenvalue weighted by atomic mass is 10.1. The SMILES string of the molecule is CC(=O)O.CCCCCCCC(=N)N.CCCCCCCC(=N)N.CCCCCCCC(=N)N. The van der Waals surface area contributed by atoms with E-state index in [9.17, 15) is 0 Å². The van der Waals surface area contributed by atoms with Crippen molar-refractivity contribution in [3.8, 4) is 0 Å². The van der Waals surface area contributed by atoms with Gasteiger partial charge in [0, 0.05) is 26.2 Å². The maximum absolute atomic E-state index is 9.00. The van der Waals surface area contributed by atoms with Gasteiger partial charge in [0.1, 0.15) is 0 Å². The zero-order chi connectivity index (χ0) is 27.0. The largest absolute Gasteiger partial charge is 0.481 e. The standard InChI is InChI=1S/3C8H18N2.C2H4O2/c3*1-2-3-4-5-6-7-8(9)10;1-2(3)4/h3*2-7H2,1H3,(H3,9,10);1H3,(H,3,4). The van der Waals surface area contributed by atoms with Crippen LogP contribution in [0, 0.1) is 16.2 Å². The second kappa shape index (κ2) is 35.5. The molecule has 0 amide bonds. The summed E-state index contributed by atoms with van der Waals surface area (Å²) in [5.74, 6) is 0.157. The molecule has 0 aliphatic carbocycles. The van der Waals surface area contributed by atoms with E-state index in [1.165, 1.54) is 77.0 Å². The summed E-state index contributed by atoms with van der Waals surface area (Å²) in [5.41, 5.74) is 15.6. The Labute approximate surface area is 210 Å². The average molecular weight is 487 g/mol. The number of amidine groups is 3. The molecule has 8 nitrogen and oxygen atoms in total. The summed E-state index contributed by atoms with van der Waals surface area (Å²) in [7, 11) is 0. The number of carboxylic acid groups (broad SMARTS) is 1. The van der Waals surface area contributed by atoms with E-state index >= 15 is 0 Å². The Balaban J connectivity index is -0.000000184. The molecule has 0 rings (SSSR count). The number of nitrogens with one attached hydrogen (secondary N) is 3. The highest BCUT2D eigenvalue weighted by atomic mass is 16.4. The van der Waals surface area contributed by atoms with Crippen molar-refractivity contribution in [3.05, 3.63) is 0 Å². The molecule has 8 heteroatoms. The number of nitrogens with two attached hydrogens (primary N) is 3. The first-order valence-electron chi connectivity index (χ1n) is 13.2. The maximum atomic E-state index is 9.00. The highest BCUT2D eigenvalue weighted by Gasteiger charge is 1.91. The number of aliphatic carboxylic acids is 1. The molecule has 0 aliphatic rings. The van der Waals surface area contributed by atoms with Crippen molar-refractivity contribution in [1.29, 1.82) is 16.2 Å². The second-order valence-electron chi connectivity index (χ2n) is 8.59. The Hall–Kier alpha value is -2.12. The third-order valence-corrected chi connectivity index (χ3v) is 4.65. The van der Waals surface area contributed by atoms with Crippen LogP contribution in [0.15, 0.2) is 0 Å². The van der Waals surface area contributed by atoms with Crippen LogP contribution in [0.4, 0.5) is 0 Å². The molecule has 0 saturated heterocycles. The fourth-order valence-electron chi connectivity index (χ4n) is 2.76. The first kappa shape index (κ1) is 39.1. The molecule has 0 fully saturated rings. The predicted molar refractivity (Wildman–Crippen MR) is 149 cm³/mol. The van der Waals surface area contributed by atoms with Crippen molar-refractivity contribution in [1.82, 2.24) is 0 Å². The van der Waals surface area contributed by atoms with Crippen molar-refractivity contribution in [2.75, 3.05) is 0 Å². The molecule has 0 aliphatic heterocycles. The summed E-state index contributed by atoms with van der Waals surface area (Å²) in [5, 5.41) is 28.3. The van der Waals surface area contributed by atoms with Crippen LogP contribution in [-0.2, 0) is 4.79 Å². The number of hydrogen-bond donors (Lipinski definition) is 7. The van der Waals surface area contributed by atoms with Crippen LogP contribution in [0.3, 0.4) is 0 Å². The van der Waals surface area contributed by atoms with Crippen molar-refractivity contribution < 1.29 is 9.90 Å². The molecule has 0 saturated carbocycles. The third-order valence-electron chi connectivity index (χ3n) is 4.65. The van der Waals surface area contributed by atoms with Gasteiger partial charge >= 0.3 is 0 Å². The number of unbranched alkanes of at least 4 members (excludes halogenated alkanes) is 12. The Morgan fingerprint density at radius 2 is 0.706 bits per heavy atom. The predicted octanol–water partition coefficient (Wildman–Crippen LogP) is 6.94. The van der Waals surface area contributed by atoms with Gasteiger partial charge < -0.3 is 22.3 Å². The number of hydrogen-bond acceptors (Lipinski definition) is 4. The Morgan fingerprint density at radius 1 is 0.529 bits per heavy atom. The summed E-state index contributed by atoms with van der Waals surface area (Å²) < 4.78 is 0. The fourth-order valence-corrected chi connectivity index (χ4v) is 2.76. The van der Waals surface area contributed by atoms with Gasteiger partial charge in [0.05, 0.1) is 17.5 Å². The monoisotopic (exact) mass is 486 g/mol. The molecular formula is C26H58N6O2. The minimum absolute atomic E-state index is 0.330. The molecule has 0 atom stereocenters. The third kappa shape index (κ3) is 69.9. The van der Waals surface area contributed by atoms with Gasteiger partial charge in [-0.25, -0.2) is 0 Å². The summed E-state index contributed by atoms with van der Waals surface area (Å²) in [6, 6.07) is 0. The second-order valence-corrected chi connectivity index (χ2v) is 8.59. The van der Waals surface area contributed by atoms with Gasteiger partial charge in [-0.1, -0.05) is 97.8 Å². The highest BCUT2D eigenvalue weighted by Crippen LogP contribution is 2.05. The molecule has 34 heavy (non-hydrogen) atoms. The number of carbonyl (C=O) groups is 1. The molecule has 0 heterocycles. The van der Waals surface area contributed by atoms with Gasteiger partial charge in [0.2, 0.25) is 0 Å². The first-order valence-corrected chi connectivity index (χ1v) is 13.2. The van der Waals surface area contributed by atoms with Crippen molar-refractivity contribution >= 4 is 23.5 Å². The molecule has 0 radical (unpaired) electrons. The molecule has 0 bridgehead atoms. The zero-order valence-electron chi connectivity index (χ0n) is 22.8.